The standard InChI is InChI=1S/C25H43N3O3/c1-2-3-4-5-6-7-8-9-10-11-12-13-14-15-16-19-22-26-25(29)27-23-20-17-18-21-24(23)28(30)31/h17-18,20-21H,2-16,19,22H2,1H3,(H2,26,27,29). The number of para-hydroxylation sites is 2. The molecule has 1 aromatic carbocycles. The fraction of sp³-hybridized carbons (Fsp3) is 0.720. The van der Waals surface area contributed by atoms with Gasteiger partial charge in [0.25, 0.3) is 5.69 Å². The maximum Gasteiger partial charge on any atom is 0.319 e. The van der Waals surface area contributed by atoms with E-state index in [0.717, 1.165) is 12.8 Å². The lowest BCUT2D eigenvalue weighted by molar-refractivity contribution is -0.383. The molecule has 2 amide bonds. The fourth-order valence-electron chi connectivity index (χ4n) is 3.78. The largest absolute Gasteiger partial charge is 0.338 e. The van der Waals surface area contributed by atoms with Crippen LogP contribution < -0.4 is 10.6 Å². The number of unbranched alkanes of at least 4 members (excludes halogenated alkanes) is 15. The molecule has 0 unspecified atom stereocenters. The molecule has 0 saturated carbocycles. The van der Waals surface area contributed by atoms with Crippen LogP contribution >= 0.6 is 0 Å². The number of amides is 2. The molecule has 0 aromatic heterocycles. The maximum atomic E-state index is 11.9. The highest BCUT2D eigenvalue weighted by Crippen LogP contribution is 2.22. The minimum Gasteiger partial charge on any atom is -0.338 e. The van der Waals surface area contributed by atoms with E-state index >= 15 is 0 Å². The molecule has 6 heteroatoms. The first-order chi connectivity index (χ1) is 15.1. The highest BCUT2D eigenvalue weighted by molar-refractivity contribution is 5.91. The zero-order chi connectivity index (χ0) is 22.6. The van der Waals surface area contributed by atoms with Crippen LogP contribution in [0.1, 0.15) is 110 Å². The minimum atomic E-state index is -0.495. The average molecular weight is 434 g/mol. The molecule has 0 saturated heterocycles. The van der Waals surface area contributed by atoms with Gasteiger partial charge in [-0.05, 0) is 12.5 Å². The number of nitrogens with one attached hydrogen (secondary N) is 2. The second-order valence-electron chi connectivity index (χ2n) is 8.46. The molecule has 0 radical (unpaired) electrons. The Labute approximate surface area is 188 Å². The number of urea groups is 1. The zero-order valence-electron chi connectivity index (χ0n) is 19.5. The summed E-state index contributed by atoms with van der Waals surface area (Å²) in [5, 5.41) is 16.3. The van der Waals surface area contributed by atoms with Gasteiger partial charge in [-0.2, -0.15) is 0 Å². The van der Waals surface area contributed by atoms with Crippen molar-refractivity contribution < 1.29 is 9.72 Å². The van der Waals surface area contributed by atoms with Crippen molar-refractivity contribution >= 4 is 17.4 Å². The Morgan fingerprint density at radius 2 is 1.23 bits per heavy atom. The molecule has 2 N–H and O–H groups in total. The smallest absolute Gasteiger partial charge is 0.319 e. The van der Waals surface area contributed by atoms with Crippen LogP contribution in [0.25, 0.3) is 0 Å². The van der Waals surface area contributed by atoms with Crippen molar-refractivity contribution in [2.75, 3.05) is 11.9 Å². The summed E-state index contributed by atoms with van der Waals surface area (Å²) < 4.78 is 0. The zero-order valence-corrected chi connectivity index (χ0v) is 19.5. The van der Waals surface area contributed by atoms with Crippen molar-refractivity contribution in [3.63, 3.8) is 0 Å². The van der Waals surface area contributed by atoms with Gasteiger partial charge in [0.15, 0.2) is 0 Å². The van der Waals surface area contributed by atoms with Crippen molar-refractivity contribution in [2.45, 2.75) is 110 Å². The Morgan fingerprint density at radius 1 is 0.774 bits per heavy atom. The molecule has 0 spiro atoms. The van der Waals surface area contributed by atoms with E-state index in [4.69, 9.17) is 0 Å². The molecule has 176 valence electrons. The van der Waals surface area contributed by atoms with Gasteiger partial charge in [-0.1, -0.05) is 115 Å². The van der Waals surface area contributed by atoms with Crippen LogP contribution in [0.2, 0.25) is 0 Å². The van der Waals surface area contributed by atoms with Crippen molar-refractivity contribution in [1.82, 2.24) is 5.32 Å². The molecule has 0 atom stereocenters. The van der Waals surface area contributed by atoms with Gasteiger partial charge in [-0.25, -0.2) is 4.79 Å². The number of nitrogens with zero attached hydrogens (tertiary/aromatic N) is 1. The molecule has 0 bridgehead atoms. The van der Waals surface area contributed by atoms with E-state index in [1.54, 1.807) is 12.1 Å². The molecule has 0 aliphatic heterocycles. The SMILES string of the molecule is CCCCCCCCCCCCCCCCCCNC(=O)Nc1ccccc1[N+](=O)[O-]. The van der Waals surface area contributed by atoms with E-state index in [1.807, 2.05) is 0 Å². The van der Waals surface area contributed by atoms with E-state index in [2.05, 4.69) is 17.6 Å². The van der Waals surface area contributed by atoms with Gasteiger partial charge in [-0.3, -0.25) is 10.1 Å². The second kappa shape index (κ2) is 18.6. The van der Waals surface area contributed by atoms with E-state index in [9.17, 15) is 14.9 Å². The summed E-state index contributed by atoms with van der Waals surface area (Å²) in [7, 11) is 0. The van der Waals surface area contributed by atoms with Crippen LogP contribution in [0.5, 0.6) is 0 Å². The van der Waals surface area contributed by atoms with Gasteiger partial charge >= 0.3 is 6.03 Å². The summed E-state index contributed by atoms with van der Waals surface area (Å²) in [5.74, 6) is 0. The second-order valence-corrected chi connectivity index (χ2v) is 8.46. The van der Waals surface area contributed by atoms with Gasteiger partial charge in [-0.15, -0.1) is 0 Å². The number of nitro benzene ring substituents is 1. The number of benzene rings is 1. The number of rotatable bonds is 19. The van der Waals surface area contributed by atoms with E-state index < -0.39 is 11.0 Å². The van der Waals surface area contributed by atoms with Crippen molar-refractivity contribution in [3.8, 4) is 0 Å². The van der Waals surface area contributed by atoms with Gasteiger partial charge in [0.2, 0.25) is 0 Å². The third kappa shape index (κ3) is 14.5. The molecule has 6 nitrogen and oxygen atoms in total. The normalized spacial score (nSPS) is 10.7. The molecule has 1 aromatic rings. The first kappa shape index (κ1) is 26.9. The van der Waals surface area contributed by atoms with Crippen LogP contribution in [-0.2, 0) is 0 Å². The van der Waals surface area contributed by atoms with Crippen LogP contribution in [-0.4, -0.2) is 17.5 Å². The Hall–Kier alpha value is -2.11. The van der Waals surface area contributed by atoms with Crippen LogP contribution in [0.15, 0.2) is 24.3 Å². The van der Waals surface area contributed by atoms with Crippen molar-refractivity contribution in [1.29, 1.82) is 0 Å². The first-order valence-electron chi connectivity index (χ1n) is 12.4. The maximum absolute atomic E-state index is 11.9. The van der Waals surface area contributed by atoms with Crippen LogP contribution in [0.3, 0.4) is 0 Å². The molecule has 1 rings (SSSR count). The molecular weight excluding hydrogens is 390 g/mol. The van der Waals surface area contributed by atoms with Gasteiger partial charge in [0.1, 0.15) is 5.69 Å². The van der Waals surface area contributed by atoms with Gasteiger partial charge in [0.05, 0.1) is 4.92 Å². The fourth-order valence-corrected chi connectivity index (χ4v) is 3.78. The topological polar surface area (TPSA) is 84.3 Å². The summed E-state index contributed by atoms with van der Waals surface area (Å²) in [6.45, 7) is 2.86. The molecule has 0 aliphatic rings. The Morgan fingerprint density at radius 3 is 1.71 bits per heavy atom. The number of anilines is 1. The average Bonchev–Trinajstić information content (AvgIpc) is 2.76. The van der Waals surface area contributed by atoms with Gasteiger partial charge < -0.3 is 10.6 Å². The molecular formula is C25H43N3O3. The Kier molecular flexibility index (Phi) is 16.2. The third-order valence-electron chi connectivity index (χ3n) is 5.66. The molecule has 0 aliphatic carbocycles. The van der Waals surface area contributed by atoms with Crippen LogP contribution in [0, 0.1) is 10.1 Å². The Balaban J connectivity index is 1.87. The summed E-state index contributed by atoms with van der Waals surface area (Å²) in [6, 6.07) is 5.77. The summed E-state index contributed by atoms with van der Waals surface area (Å²) in [5.41, 5.74) is 0.122. The highest BCUT2D eigenvalue weighted by atomic mass is 16.6. The summed E-state index contributed by atoms with van der Waals surface area (Å²) in [6.07, 6.45) is 21.1. The number of nitro groups is 1. The van der Waals surface area contributed by atoms with E-state index in [-0.39, 0.29) is 11.4 Å². The molecule has 0 fully saturated rings. The Bertz CT molecular complexity index is 607. The quantitative estimate of drug-likeness (QED) is 0.132. The van der Waals surface area contributed by atoms with E-state index in [1.165, 1.54) is 102 Å². The van der Waals surface area contributed by atoms with Crippen molar-refractivity contribution in [3.05, 3.63) is 34.4 Å². The predicted octanol–water partition coefficient (Wildman–Crippen LogP) is 7.98. The lowest BCUT2D eigenvalue weighted by Gasteiger charge is -2.08. The molecule has 31 heavy (non-hydrogen) atoms. The lowest BCUT2D eigenvalue weighted by atomic mass is 10.0. The first-order valence-corrected chi connectivity index (χ1v) is 12.4. The predicted molar refractivity (Wildman–Crippen MR) is 130 cm³/mol. The number of carbonyl (C=O) groups excluding carboxylic acids is 1. The van der Waals surface area contributed by atoms with Gasteiger partial charge in [0, 0.05) is 12.6 Å². The minimum absolute atomic E-state index is 0.0972. The van der Waals surface area contributed by atoms with Crippen molar-refractivity contribution in [2.24, 2.45) is 0 Å². The third-order valence-corrected chi connectivity index (χ3v) is 5.66. The monoisotopic (exact) mass is 433 g/mol. The summed E-state index contributed by atoms with van der Waals surface area (Å²) in [4.78, 5) is 22.4. The lowest BCUT2D eigenvalue weighted by Crippen LogP contribution is -2.29. The van der Waals surface area contributed by atoms with E-state index in [0.29, 0.717) is 6.54 Å². The summed E-state index contributed by atoms with van der Waals surface area (Å²) >= 11 is 0. The number of hydrogen-bond acceptors (Lipinski definition) is 3. The van der Waals surface area contributed by atoms with Crippen LogP contribution in [0.4, 0.5) is 16.2 Å². The highest BCUT2D eigenvalue weighted by Gasteiger charge is 2.14. The number of hydrogen-bond donors (Lipinski definition) is 2. The number of carbonyl (C=O) groups is 1. The molecule has 0 heterocycles.